The number of rotatable bonds is 1. The highest BCUT2D eigenvalue weighted by Gasteiger charge is 2.17. The Bertz CT molecular complexity index is 532. The molecular formula is C15H19NS. The molecule has 0 unspecified atom stereocenters. The van der Waals surface area contributed by atoms with Crippen LogP contribution in [0.25, 0.3) is 10.4 Å². The fourth-order valence-corrected chi connectivity index (χ4v) is 2.87. The van der Waals surface area contributed by atoms with Crippen molar-refractivity contribution in [1.82, 2.24) is 0 Å². The summed E-state index contributed by atoms with van der Waals surface area (Å²) >= 11 is 1.84. The molecule has 90 valence electrons. The van der Waals surface area contributed by atoms with Crippen molar-refractivity contribution < 1.29 is 0 Å². The van der Waals surface area contributed by atoms with E-state index in [1.54, 1.807) is 0 Å². The van der Waals surface area contributed by atoms with E-state index in [1.165, 1.54) is 15.3 Å². The van der Waals surface area contributed by atoms with Gasteiger partial charge in [0.25, 0.3) is 0 Å². The number of hydrogen-bond acceptors (Lipinski definition) is 2. The normalized spacial score (nSPS) is 11.8. The van der Waals surface area contributed by atoms with Crippen LogP contribution in [0.15, 0.2) is 30.3 Å². The largest absolute Gasteiger partial charge is 0.398 e. The van der Waals surface area contributed by atoms with Gasteiger partial charge in [-0.15, -0.1) is 11.3 Å². The van der Waals surface area contributed by atoms with Crippen LogP contribution in [-0.4, -0.2) is 0 Å². The van der Waals surface area contributed by atoms with Crippen molar-refractivity contribution in [2.75, 3.05) is 5.73 Å². The maximum atomic E-state index is 6.05. The molecule has 0 fully saturated rings. The number of aryl methyl sites for hydroxylation is 1. The zero-order valence-electron chi connectivity index (χ0n) is 10.9. The standard InChI is InChI=1S/C15H19NS/c1-10-5-6-12(16)11(9-10)13-7-8-14(17-13)15(2,3)4/h5-9H,16H2,1-4H3. The number of hydrogen-bond donors (Lipinski definition) is 1. The lowest BCUT2D eigenvalue weighted by atomic mass is 9.95. The first-order valence-corrected chi connectivity index (χ1v) is 6.66. The van der Waals surface area contributed by atoms with Crippen molar-refractivity contribution in [3.05, 3.63) is 40.8 Å². The van der Waals surface area contributed by atoms with Crippen molar-refractivity contribution >= 4 is 17.0 Å². The summed E-state index contributed by atoms with van der Waals surface area (Å²) in [6, 6.07) is 10.6. The monoisotopic (exact) mass is 245 g/mol. The molecule has 2 N–H and O–H groups in total. The van der Waals surface area contributed by atoms with Crippen LogP contribution in [0, 0.1) is 6.92 Å². The lowest BCUT2D eigenvalue weighted by Crippen LogP contribution is -2.07. The van der Waals surface area contributed by atoms with E-state index in [-0.39, 0.29) is 5.41 Å². The Morgan fingerprint density at radius 3 is 2.35 bits per heavy atom. The summed E-state index contributed by atoms with van der Waals surface area (Å²) in [6.07, 6.45) is 0. The Morgan fingerprint density at radius 2 is 1.76 bits per heavy atom. The summed E-state index contributed by atoms with van der Waals surface area (Å²) in [4.78, 5) is 2.66. The van der Waals surface area contributed by atoms with Crippen LogP contribution < -0.4 is 5.73 Å². The first kappa shape index (κ1) is 12.2. The van der Waals surface area contributed by atoms with E-state index in [0.29, 0.717) is 0 Å². The van der Waals surface area contributed by atoms with Crippen molar-refractivity contribution in [3.63, 3.8) is 0 Å². The van der Waals surface area contributed by atoms with E-state index < -0.39 is 0 Å². The Morgan fingerprint density at radius 1 is 1.06 bits per heavy atom. The minimum absolute atomic E-state index is 0.210. The number of nitrogen functional groups attached to an aromatic ring is 1. The summed E-state index contributed by atoms with van der Waals surface area (Å²) in [6.45, 7) is 8.81. The highest BCUT2D eigenvalue weighted by atomic mass is 32.1. The van der Waals surface area contributed by atoms with Gasteiger partial charge in [0.15, 0.2) is 0 Å². The van der Waals surface area contributed by atoms with Crippen LogP contribution >= 0.6 is 11.3 Å². The quantitative estimate of drug-likeness (QED) is 0.730. The van der Waals surface area contributed by atoms with Crippen LogP contribution in [0.3, 0.4) is 0 Å². The zero-order valence-corrected chi connectivity index (χ0v) is 11.7. The van der Waals surface area contributed by atoms with Gasteiger partial charge in [-0.25, -0.2) is 0 Å². The van der Waals surface area contributed by atoms with E-state index in [0.717, 1.165) is 11.3 Å². The predicted octanol–water partition coefficient (Wildman–Crippen LogP) is 4.60. The van der Waals surface area contributed by atoms with Gasteiger partial charge < -0.3 is 5.73 Å². The zero-order chi connectivity index (χ0) is 12.6. The molecule has 1 heterocycles. The molecule has 0 aliphatic carbocycles. The first-order chi connectivity index (χ1) is 7.88. The average molecular weight is 245 g/mol. The van der Waals surface area contributed by atoms with Gasteiger partial charge in [-0.2, -0.15) is 0 Å². The Hall–Kier alpha value is -1.28. The van der Waals surface area contributed by atoms with Crippen molar-refractivity contribution in [3.8, 4) is 10.4 Å². The molecule has 0 saturated heterocycles. The molecule has 1 nitrogen and oxygen atoms in total. The van der Waals surface area contributed by atoms with Gasteiger partial charge in [0.05, 0.1) is 0 Å². The predicted molar refractivity (Wildman–Crippen MR) is 77.6 cm³/mol. The van der Waals surface area contributed by atoms with E-state index in [4.69, 9.17) is 5.73 Å². The molecule has 0 spiro atoms. The molecule has 1 aromatic carbocycles. The Balaban J connectivity index is 2.47. The van der Waals surface area contributed by atoms with E-state index in [1.807, 2.05) is 17.4 Å². The summed E-state index contributed by atoms with van der Waals surface area (Å²) in [5.74, 6) is 0. The number of anilines is 1. The highest BCUT2D eigenvalue weighted by Crippen LogP contribution is 2.37. The molecule has 0 amide bonds. The van der Waals surface area contributed by atoms with Gasteiger partial charge in [-0.05, 0) is 36.6 Å². The van der Waals surface area contributed by atoms with Gasteiger partial charge in [0.2, 0.25) is 0 Å². The third-order valence-electron chi connectivity index (χ3n) is 2.82. The van der Waals surface area contributed by atoms with Crippen LogP contribution in [0.4, 0.5) is 5.69 Å². The fourth-order valence-electron chi connectivity index (χ4n) is 1.77. The first-order valence-electron chi connectivity index (χ1n) is 5.85. The maximum Gasteiger partial charge on any atom is 0.0402 e. The molecule has 0 aliphatic rings. The lowest BCUT2D eigenvalue weighted by Gasteiger charge is -2.15. The van der Waals surface area contributed by atoms with Gasteiger partial charge in [-0.3, -0.25) is 0 Å². The van der Waals surface area contributed by atoms with Crippen molar-refractivity contribution in [1.29, 1.82) is 0 Å². The third-order valence-corrected chi connectivity index (χ3v) is 4.36. The fraction of sp³-hybridized carbons (Fsp3) is 0.333. The van der Waals surface area contributed by atoms with Gasteiger partial charge >= 0.3 is 0 Å². The number of benzene rings is 1. The Kier molecular flexibility index (Phi) is 3.00. The topological polar surface area (TPSA) is 26.0 Å². The van der Waals surface area contributed by atoms with E-state index in [9.17, 15) is 0 Å². The molecular weight excluding hydrogens is 226 g/mol. The second-order valence-corrected chi connectivity index (χ2v) is 6.59. The molecule has 2 heteroatoms. The second-order valence-electron chi connectivity index (χ2n) is 5.50. The van der Waals surface area contributed by atoms with Gasteiger partial charge in [0.1, 0.15) is 0 Å². The molecule has 0 bridgehead atoms. The molecule has 17 heavy (non-hydrogen) atoms. The summed E-state index contributed by atoms with van der Waals surface area (Å²) in [5, 5.41) is 0. The SMILES string of the molecule is Cc1ccc(N)c(-c2ccc(C(C)(C)C)s2)c1. The number of nitrogens with two attached hydrogens (primary N) is 1. The van der Waals surface area contributed by atoms with E-state index >= 15 is 0 Å². The second kappa shape index (κ2) is 4.19. The highest BCUT2D eigenvalue weighted by molar-refractivity contribution is 7.15. The summed E-state index contributed by atoms with van der Waals surface area (Å²) in [5.41, 5.74) is 9.52. The van der Waals surface area contributed by atoms with Crippen molar-refractivity contribution in [2.24, 2.45) is 0 Å². The Labute approximate surface area is 107 Å². The van der Waals surface area contributed by atoms with Crippen LogP contribution in [0.5, 0.6) is 0 Å². The lowest BCUT2D eigenvalue weighted by molar-refractivity contribution is 0.604. The molecule has 0 aliphatic heterocycles. The summed E-state index contributed by atoms with van der Waals surface area (Å²) < 4.78 is 0. The molecule has 0 atom stereocenters. The minimum Gasteiger partial charge on any atom is -0.398 e. The molecule has 2 aromatic rings. The minimum atomic E-state index is 0.210. The molecule has 1 aromatic heterocycles. The van der Waals surface area contributed by atoms with Crippen LogP contribution in [-0.2, 0) is 5.41 Å². The van der Waals surface area contributed by atoms with Gasteiger partial charge in [0, 0.05) is 21.0 Å². The molecule has 0 radical (unpaired) electrons. The maximum absolute atomic E-state index is 6.05. The molecule has 0 saturated carbocycles. The van der Waals surface area contributed by atoms with Gasteiger partial charge in [-0.1, -0.05) is 32.4 Å². The smallest absolute Gasteiger partial charge is 0.0402 e. The third kappa shape index (κ3) is 2.52. The van der Waals surface area contributed by atoms with Crippen LogP contribution in [0.1, 0.15) is 31.2 Å². The average Bonchev–Trinajstić information content (AvgIpc) is 2.70. The van der Waals surface area contributed by atoms with Crippen LogP contribution in [0.2, 0.25) is 0 Å². The summed E-state index contributed by atoms with van der Waals surface area (Å²) in [7, 11) is 0. The van der Waals surface area contributed by atoms with Crippen molar-refractivity contribution in [2.45, 2.75) is 33.1 Å². The number of thiophene rings is 1. The van der Waals surface area contributed by atoms with E-state index in [2.05, 4.69) is 52.0 Å². The molecule has 2 rings (SSSR count).